The number of ether oxygens (including phenoxy) is 1. The lowest BCUT2D eigenvalue weighted by Gasteiger charge is -2.41. The molecule has 0 bridgehead atoms. The molecule has 0 spiro atoms. The summed E-state index contributed by atoms with van der Waals surface area (Å²) < 4.78 is 6.52. The van der Waals surface area contributed by atoms with Crippen LogP contribution in [0.2, 0.25) is 5.02 Å². The molecule has 0 N–H and O–H groups in total. The molecule has 1 saturated carbocycles. The maximum atomic E-state index is 12.2. The maximum absolute atomic E-state index is 12.2. The second-order valence-electron chi connectivity index (χ2n) is 6.95. The van der Waals surface area contributed by atoms with Gasteiger partial charge in [-0.3, -0.25) is 0 Å². The fourth-order valence-corrected chi connectivity index (χ4v) is 3.71. The summed E-state index contributed by atoms with van der Waals surface area (Å²) in [5.41, 5.74) is 0.444. The van der Waals surface area contributed by atoms with Gasteiger partial charge < -0.3 is 33.2 Å². The molecule has 23 heavy (non-hydrogen) atoms. The van der Waals surface area contributed by atoms with Crippen LogP contribution < -0.4 is 24.0 Å². The second kappa shape index (κ2) is 9.23. The van der Waals surface area contributed by atoms with E-state index >= 15 is 0 Å². The normalized spacial score (nSPS) is 17.2. The van der Waals surface area contributed by atoms with E-state index in [1.807, 2.05) is 13.0 Å². The number of quaternary nitrogens is 1. The van der Waals surface area contributed by atoms with Crippen LogP contribution in [0.25, 0.3) is 0 Å². The standard InChI is InChI=1S/C18H27ClNO2.HI/c1-14(13-20(2,3)15-9-5-4-6-10-15)22-18(21)16-11-7-8-12-17(16)19;/h7-8,11-12,14-15H,4-6,9-10,13H2,1-3H3;1H/q+1;/p-1. The Bertz CT molecular complexity index is 515. The monoisotopic (exact) mass is 451 g/mol. The number of esters is 1. The van der Waals surface area contributed by atoms with Gasteiger partial charge in [-0.25, -0.2) is 4.79 Å². The molecule has 1 aliphatic carbocycles. The van der Waals surface area contributed by atoms with E-state index in [1.54, 1.807) is 18.2 Å². The summed E-state index contributed by atoms with van der Waals surface area (Å²) in [6.07, 6.45) is 6.42. The smallest absolute Gasteiger partial charge is 0.340 e. The van der Waals surface area contributed by atoms with Crippen molar-refractivity contribution in [2.45, 2.75) is 51.2 Å². The van der Waals surface area contributed by atoms with Crippen molar-refractivity contribution in [2.24, 2.45) is 0 Å². The molecule has 1 atom stereocenters. The number of hydrogen-bond donors (Lipinski definition) is 0. The molecule has 0 heterocycles. The number of carbonyl (C=O) groups excluding carboxylic acids is 1. The molecule has 0 aromatic heterocycles. The van der Waals surface area contributed by atoms with E-state index in [0.29, 0.717) is 16.6 Å². The van der Waals surface area contributed by atoms with Gasteiger partial charge >= 0.3 is 5.97 Å². The van der Waals surface area contributed by atoms with Crippen LogP contribution in [-0.4, -0.2) is 43.2 Å². The Hall–Kier alpha value is -0.330. The minimum absolute atomic E-state index is 0. The topological polar surface area (TPSA) is 26.3 Å². The summed E-state index contributed by atoms with van der Waals surface area (Å²) in [6, 6.07) is 7.71. The number of carbonyl (C=O) groups is 1. The molecule has 1 unspecified atom stereocenters. The van der Waals surface area contributed by atoms with E-state index < -0.39 is 0 Å². The van der Waals surface area contributed by atoms with Gasteiger partial charge in [-0.15, -0.1) is 0 Å². The quantitative estimate of drug-likeness (QED) is 0.383. The summed E-state index contributed by atoms with van der Waals surface area (Å²) in [5, 5.41) is 0.445. The van der Waals surface area contributed by atoms with E-state index in [9.17, 15) is 4.79 Å². The first kappa shape index (κ1) is 20.7. The summed E-state index contributed by atoms with van der Waals surface area (Å²) in [6.45, 7) is 2.80. The van der Waals surface area contributed by atoms with Crippen LogP contribution in [0, 0.1) is 0 Å². The van der Waals surface area contributed by atoms with Crippen molar-refractivity contribution < 1.29 is 38.0 Å². The molecule has 0 amide bonds. The minimum Gasteiger partial charge on any atom is -1.00 e. The highest BCUT2D eigenvalue weighted by Gasteiger charge is 2.32. The molecule has 0 saturated heterocycles. The van der Waals surface area contributed by atoms with E-state index in [1.165, 1.54) is 32.1 Å². The van der Waals surface area contributed by atoms with Crippen LogP contribution in [-0.2, 0) is 4.74 Å². The van der Waals surface area contributed by atoms with E-state index in [0.717, 1.165) is 11.0 Å². The Morgan fingerprint density at radius 2 is 1.87 bits per heavy atom. The summed E-state index contributed by atoms with van der Waals surface area (Å²) >= 11 is 6.05. The fraction of sp³-hybridized carbons (Fsp3) is 0.611. The van der Waals surface area contributed by atoms with Crippen molar-refractivity contribution in [2.75, 3.05) is 20.6 Å². The lowest BCUT2D eigenvalue weighted by molar-refractivity contribution is -0.918. The SMILES string of the molecule is CC(C[N+](C)(C)C1CCCCC1)OC(=O)c1ccccc1Cl.[I-]. The van der Waals surface area contributed by atoms with Gasteiger partial charge in [0.1, 0.15) is 12.6 Å². The lowest BCUT2D eigenvalue weighted by Crippen LogP contribution is -3.00. The molecule has 5 heteroatoms. The van der Waals surface area contributed by atoms with Gasteiger partial charge in [-0.05, 0) is 44.7 Å². The molecule has 1 aliphatic rings. The summed E-state index contributed by atoms with van der Waals surface area (Å²) in [5.74, 6) is -0.332. The maximum Gasteiger partial charge on any atom is 0.340 e. The van der Waals surface area contributed by atoms with E-state index in [-0.39, 0.29) is 36.0 Å². The predicted octanol–water partition coefficient (Wildman–Crippen LogP) is 1.30. The highest BCUT2D eigenvalue weighted by molar-refractivity contribution is 6.33. The van der Waals surface area contributed by atoms with Crippen molar-refractivity contribution in [1.29, 1.82) is 0 Å². The lowest BCUT2D eigenvalue weighted by atomic mass is 9.93. The van der Waals surface area contributed by atoms with Crippen molar-refractivity contribution in [3.8, 4) is 0 Å². The molecule has 1 fully saturated rings. The predicted molar refractivity (Wildman–Crippen MR) is 90.2 cm³/mol. The first-order valence-electron chi connectivity index (χ1n) is 8.18. The molecule has 130 valence electrons. The molecular weight excluding hydrogens is 425 g/mol. The van der Waals surface area contributed by atoms with Gasteiger partial charge in [0.2, 0.25) is 0 Å². The molecular formula is C18H27ClINO2. The Morgan fingerprint density at radius 3 is 2.48 bits per heavy atom. The molecule has 1 aromatic carbocycles. The Morgan fingerprint density at radius 1 is 1.26 bits per heavy atom. The zero-order valence-electron chi connectivity index (χ0n) is 14.2. The number of rotatable bonds is 5. The highest BCUT2D eigenvalue weighted by atomic mass is 127. The second-order valence-corrected chi connectivity index (χ2v) is 7.36. The number of likely N-dealkylation sites (N-methyl/N-ethyl adjacent to an activating group) is 1. The average Bonchev–Trinajstić information content (AvgIpc) is 2.47. The van der Waals surface area contributed by atoms with Gasteiger partial charge in [-0.2, -0.15) is 0 Å². The van der Waals surface area contributed by atoms with Gasteiger partial charge in [-0.1, -0.05) is 30.2 Å². The third-order valence-corrected chi connectivity index (χ3v) is 5.02. The number of benzene rings is 1. The average molecular weight is 452 g/mol. The van der Waals surface area contributed by atoms with Crippen molar-refractivity contribution >= 4 is 17.6 Å². The summed E-state index contributed by atoms with van der Waals surface area (Å²) in [7, 11) is 4.49. The first-order valence-corrected chi connectivity index (χ1v) is 8.56. The van der Waals surface area contributed by atoms with Crippen LogP contribution in [0.4, 0.5) is 0 Å². The minimum atomic E-state index is -0.332. The summed E-state index contributed by atoms with van der Waals surface area (Å²) in [4.78, 5) is 12.2. The third-order valence-electron chi connectivity index (χ3n) is 4.69. The number of nitrogens with zero attached hydrogens (tertiary/aromatic N) is 1. The van der Waals surface area contributed by atoms with Crippen molar-refractivity contribution in [1.82, 2.24) is 0 Å². The van der Waals surface area contributed by atoms with Crippen LogP contribution in [0.1, 0.15) is 49.4 Å². The first-order chi connectivity index (χ1) is 10.4. The third kappa shape index (κ3) is 5.91. The zero-order chi connectivity index (χ0) is 16.2. The Labute approximate surface area is 161 Å². The highest BCUT2D eigenvalue weighted by Crippen LogP contribution is 2.26. The Balaban J connectivity index is 0.00000264. The van der Waals surface area contributed by atoms with Crippen LogP contribution in [0.5, 0.6) is 0 Å². The van der Waals surface area contributed by atoms with Gasteiger partial charge in [0.25, 0.3) is 0 Å². The molecule has 2 rings (SSSR count). The number of halogens is 2. The van der Waals surface area contributed by atoms with Crippen LogP contribution in [0.15, 0.2) is 24.3 Å². The molecule has 1 aromatic rings. The number of hydrogen-bond acceptors (Lipinski definition) is 2. The van der Waals surface area contributed by atoms with Crippen LogP contribution >= 0.6 is 11.6 Å². The zero-order valence-corrected chi connectivity index (χ0v) is 17.1. The fourth-order valence-electron chi connectivity index (χ4n) is 3.50. The Kier molecular flexibility index (Phi) is 8.31. The molecule has 3 nitrogen and oxygen atoms in total. The van der Waals surface area contributed by atoms with Gasteiger partial charge in [0.05, 0.1) is 30.7 Å². The van der Waals surface area contributed by atoms with Crippen molar-refractivity contribution in [3.05, 3.63) is 34.9 Å². The largest absolute Gasteiger partial charge is 1.00 e. The molecule has 0 aliphatic heterocycles. The van der Waals surface area contributed by atoms with Crippen LogP contribution in [0.3, 0.4) is 0 Å². The van der Waals surface area contributed by atoms with Gasteiger partial charge in [0.15, 0.2) is 0 Å². The molecule has 0 radical (unpaired) electrons. The van der Waals surface area contributed by atoms with E-state index in [2.05, 4.69) is 14.1 Å². The van der Waals surface area contributed by atoms with Gasteiger partial charge in [0, 0.05) is 0 Å². The van der Waals surface area contributed by atoms with Crippen molar-refractivity contribution in [3.63, 3.8) is 0 Å². The van der Waals surface area contributed by atoms with E-state index in [4.69, 9.17) is 16.3 Å².